The molecule has 1 aromatic rings. The fourth-order valence-electron chi connectivity index (χ4n) is 2.79. The molecule has 1 atom stereocenters. The lowest BCUT2D eigenvalue weighted by molar-refractivity contribution is -0.146. The van der Waals surface area contributed by atoms with Crippen molar-refractivity contribution in [2.24, 2.45) is 0 Å². The van der Waals surface area contributed by atoms with Gasteiger partial charge in [-0.25, -0.2) is 0 Å². The molecule has 2 aliphatic heterocycles. The lowest BCUT2D eigenvalue weighted by Gasteiger charge is -2.39. The molecular weight excluding hydrogens is 258 g/mol. The van der Waals surface area contributed by atoms with Crippen molar-refractivity contribution in [3.05, 3.63) is 29.8 Å². The summed E-state index contributed by atoms with van der Waals surface area (Å²) in [7, 11) is 0. The number of carbonyl (C=O) groups is 1. The highest BCUT2D eigenvalue weighted by Gasteiger charge is 2.36. The highest BCUT2D eigenvalue weighted by molar-refractivity contribution is 7.99. The Morgan fingerprint density at radius 3 is 3.00 bits per heavy atom. The summed E-state index contributed by atoms with van der Waals surface area (Å²) in [6, 6.07) is 8.25. The second-order valence-electron chi connectivity index (χ2n) is 5.77. The maximum Gasteiger partial charge on any atom is 0.231 e. The van der Waals surface area contributed by atoms with Gasteiger partial charge in [-0.2, -0.15) is 0 Å². The molecule has 0 saturated carbocycles. The molecule has 1 saturated heterocycles. The molecule has 0 aromatic heterocycles. The molecule has 0 radical (unpaired) electrons. The van der Waals surface area contributed by atoms with Crippen molar-refractivity contribution in [2.75, 3.05) is 25.4 Å². The predicted octanol–water partition coefficient (Wildman–Crippen LogP) is 2.51. The third-order valence-corrected chi connectivity index (χ3v) is 4.92. The number of hydrogen-bond donors (Lipinski definition) is 0. The largest absolute Gasteiger partial charge is 0.372 e. The molecule has 1 aromatic carbocycles. The van der Waals surface area contributed by atoms with E-state index in [0.717, 1.165) is 5.75 Å². The van der Waals surface area contributed by atoms with Crippen LogP contribution in [0.5, 0.6) is 0 Å². The molecule has 2 heterocycles. The van der Waals surface area contributed by atoms with Crippen molar-refractivity contribution in [2.45, 2.75) is 30.3 Å². The van der Waals surface area contributed by atoms with E-state index in [1.54, 1.807) is 11.8 Å². The van der Waals surface area contributed by atoms with E-state index < -0.39 is 0 Å². The predicted molar refractivity (Wildman–Crippen MR) is 76.5 cm³/mol. The first-order valence-corrected chi connectivity index (χ1v) is 7.70. The Hall–Kier alpha value is -1.00. The number of rotatable bonds is 1. The summed E-state index contributed by atoms with van der Waals surface area (Å²) in [6.07, 6.45) is 0. The standard InChI is InChI=1S/C15H19NO2S/c1-15(2)10-16(7-8-18-15)14(17)12-9-19-13-6-4-3-5-11(12)13/h3-6,12H,7-10H2,1-2H3. The van der Waals surface area contributed by atoms with Crippen LogP contribution >= 0.6 is 11.8 Å². The van der Waals surface area contributed by atoms with Gasteiger partial charge in [-0.05, 0) is 25.5 Å². The highest BCUT2D eigenvalue weighted by Crippen LogP contribution is 2.40. The van der Waals surface area contributed by atoms with Crippen LogP contribution in [0, 0.1) is 0 Å². The minimum Gasteiger partial charge on any atom is -0.372 e. The quantitative estimate of drug-likeness (QED) is 0.790. The Bertz CT molecular complexity index is 501. The molecule has 0 spiro atoms. The van der Waals surface area contributed by atoms with Crippen molar-refractivity contribution in [1.82, 2.24) is 4.90 Å². The van der Waals surface area contributed by atoms with E-state index in [2.05, 4.69) is 12.1 Å². The Kier molecular flexibility index (Phi) is 3.31. The van der Waals surface area contributed by atoms with Crippen LogP contribution in [0.15, 0.2) is 29.2 Å². The van der Waals surface area contributed by atoms with Gasteiger partial charge < -0.3 is 9.64 Å². The summed E-state index contributed by atoms with van der Waals surface area (Å²) in [5, 5.41) is 0. The van der Waals surface area contributed by atoms with Gasteiger partial charge in [0, 0.05) is 23.7 Å². The van der Waals surface area contributed by atoms with Gasteiger partial charge in [-0.1, -0.05) is 18.2 Å². The topological polar surface area (TPSA) is 29.5 Å². The van der Waals surface area contributed by atoms with Crippen molar-refractivity contribution in [1.29, 1.82) is 0 Å². The van der Waals surface area contributed by atoms with Gasteiger partial charge in [0.2, 0.25) is 5.91 Å². The number of amides is 1. The third-order valence-electron chi connectivity index (χ3n) is 3.74. The first-order valence-electron chi connectivity index (χ1n) is 6.71. The average molecular weight is 277 g/mol. The number of thioether (sulfide) groups is 1. The van der Waals surface area contributed by atoms with E-state index >= 15 is 0 Å². The molecule has 1 fully saturated rings. The number of carbonyl (C=O) groups excluding carboxylic acids is 1. The summed E-state index contributed by atoms with van der Waals surface area (Å²) in [5.41, 5.74) is 0.973. The van der Waals surface area contributed by atoms with Crippen LogP contribution in [0.2, 0.25) is 0 Å². The van der Waals surface area contributed by atoms with Crippen LogP contribution in [0.4, 0.5) is 0 Å². The molecule has 4 heteroatoms. The van der Waals surface area contributed by atoms with Crippen LogP contribution in [-0.4, -0.2) is 41.9 Å². The smallest absolute Gasteiger partial charge is 0.231 e. The van der Waals surface area contributed by atoms with Gasteiger partial charge in [-0.3, -0.25) is 4.79 Å². The summed E-state index contributed by atoms with van der Waals surface area (Å²) in [6.45, 7) is 6.13. The van der Waals surface area contributed by atoms with E-state index in [4.69, 9.17) is 4.74 Å². The van der Waals surface area contributed by atoms with Crippen LogP contribution in [0.3, 0.4) is 0 Å². The molecule has 2 aliphatic rings. The first kappa shape index (κ1) is 13.0. The van der Waals surface area contributed by atoms with Crippen molar-refractivity contribution >= 4 is 17.7 Å². The van der Waals surface area contributed by atoms with Crippen LogP contribution in [-0.2, 0) is 9.53 Å². The number of morpholine rings is 1. The fraction of sp³-hybridized carbons (Fsp3) is 0.533. The number of benzene rings is 1. The van der Waals surface area contributed by atoms with Crippen molar-refractivity contribution < 1.29 is 9.53 Å². The maximum atomic E-state index is 12.7. The minimum atomic E-state index is -0.223. The Morgan fingerprint density at radius 2 is 2.21 bits per heavy atom. The molecule has 0 N–H and O–H groups in total. The van der Waals surface area contributed by atoms with Crippen LogP contribution in [0.1, 0.15) is 25.3 Å². The number of nitrogens with zero attached hydrogens (tertiary/aromatic N) is 1. The zero-order chi connectivity index (χ0) is 13.5. The lowest BCUT2D eigenvalue weighted by atomic mass is 9.98. The lowest BCUT2D eigenvalue weighted by Crippen LogP contribution is -2.51. The second kappa shape index (κ2) is 4.84. The molecule has 1 amide bonds. The van der Waals surface area contributed by atoms with Crippen LogP contribution in [0.25, 0.3) is 0 Å². The zero-order valence-electron chi connectivity index (χ0n) is 11.4. The summed E-state index contributed by atoms with van der Waals surface area (Å²) >= 11 is 1.79. The van der Waals surface area contributed by atoms with E-state index in [0.29, 0.717) is 19.7 Å². The Balaban J connectivity index is 1.78. The molecule has 3 nitrogen and oxygen atoms in total. The minimum absolute atomic E-state index is 0.0232. The molecule has 19 heavy (non-hydrogen) atoms. The Morgan fingerprint density at radius 1 is 1.42 bits per heavy atom. The van der Waals surface area contributed by atoms with E-state index in [-0.39, 0.29) is 17.4 Å². The summed E-state index contributed by atoms with van der Waals surface area (Å²) in [5.74, 6) is 1.15. The van der Waals surface area contributed by atoms with Gasteiger partial charge in [0.15, 0.2) is 0 Å². The van der Waals surface area contributed by atoms with Gasteiger partial charge in [0.1, 0.15) is 0 Å². The first-order chi connectivity index (χ1) is 9.07. The highest BCUT2D eigenvalue weighted by atomic mass is 32.2. The van der Waals surface area contributed by atoms with Gasteiger partial charge in [0.05, 0.1) is 18.1 Å². The maximum absolute atomic E-state index is 12.7. The zero-order valence-corrected chi connectivity index (χ0v) is 12.2. The van der Waals surface area contributed by atoms with E-state index in [1.807, 2.05) is 30.9 Å². The number of fused-ring (bicyclic) bond motifs is 1. The molecule has 1 unspecified atom stereocenters. The molecule has 0 aliphatic carbocycles. The fourth-order valence-corrected chi connectivity index (χ4v) is 4.01. The van der Waals surface area contributed by atoms with E-state index in [1.165, 1.54) is 10.5 Å². The summed E-state index contributed by atoms with van der Waals surface area (Å²) in [4.78, 5) is 15.9. The van der Waals surface area contributed by atoms with Crippen molar-refractivity contribution in [3.63, 3.8) is 0 Å². The SMILES string of the molecule is CC1(C)CN(C(=O)C2CSc3ccccc32)CCO1. The third kappa shape index (κ3) is 2.51. The second-order valence-corrected chi connectivity index (χ2v) is 6.83. The summed E-state index contributed by atoms with van der Waals surface area (Å²) < 4.78 is 5.68. The average Bonchev–Trinajstić information content (AvgIpc) is 2.80. The molecule has 0 bridgehead atoms. The van der Waals surface area contributed by atoms with Gasteiger partial charge in [0.25, 0.3) is 0 Å². The Labute approximate surface area is 118 Å². The molecule has 3 rings (SSSR count). The van der Waals surface area contributed by atoms with E-state index in [9.17, 15) is 4.79 Å². The molecule has 102 valence electrons. The molecular formula is C15H19NO2S. The monoisotopic (exact) mass is 277 g/mol. The van der Waals surface area contributed by atoms with Crippen molar-refractivity contribution in [3.8, 4) is 0 Å². The van der Waals surface area contributed by atoms with Gasteiger partial charge >= 0.3 is 0 Å². The van der Waals surface area contributed by atoms with Gasteiger partial charge in [-0.15, -0.1) is 11.8 Å². The van der Waals surface area contributed by atoms with Crippen LogP contribution < -0.4 is 0 Å². The number of hydrogen-bond acceptors (Lipinski definition) is 3. The number of ether oxygens (including phenoxy) is 1. The normalized spacial score (nSPS) is 25.2.